The molecule has 0 bridgehead atoms. The highest BCUT2D eigenvalue weighted by atomic mass is 16.5. The minimum absolute atomic E-state index is 0.189. The van der Waals surface area contributed by atoms with Crippen molar-refractivity contribution >= 4 is 5.91 Å². The Morgan fingerprint density at radius 3 is 2.70 bits per heavy atom. The molecule has 0 aromatic heterocycles. The number of carbonyl (C=O) groups is 1. The number of hydrogen-bond acceptors (Lipinski definition) is 3. The lowest BCUT2D eigenvalue weighted by molar-refractivity contribution is -0.125. The van der Waals surface area contributed by atoms with Crippen molar-refractivity contribution in [3.63, 3.8) is 0 Å². The summed E-state index contributed by atoms with van der Waals surface area (Å²) in [6.07, 6.45) is 2.74. The van der Waals surface area contributed by atoms with Crippen LogP contribution in [0, 0.1) is 12.8 Å². The van der Waals surface area contributed by atoms with Crippen LogP contribution in [-0.4, -0.2) is 32.1 Å². The molecule has 0 unspecified atom stereocenters. The van der Waals surface area contributed by atoms with Gasteiger partial charge >= 0.3 is 0 Å². The van der Waals surface area contributed by atoms with Crippen LogP contribution in [0.15, 0.2) is 24.3 Å². The topological polar surface area (TPSA) is 50.4 Å². The maximum absolute atomic E-state index is 11.9. The number of benzene rings is 1. The molecule has 1 amide bonds. The van der Waals surface area contributed by atoms with Gasteiger partial charge in [-0.3, -0.25) is 4.79 Å². The summed E-state index contributed by atoms with van der Waals surface area (Å²) in [5.74, 6) is 1.27. The Morgan fingerprint density at radius 1 is 1.30 bits per heavy atom. The van der Waals surface area contributed by atoms with E-state index in [1.165, 1.54) is 5.56 Å². The summed E-state index contributed by atoms with van der Waals surface area (Å²) < 4.78 is 5.63. The van der Waals surface area contributed by atoms with E-state index in [1.54, 1.807) is 0 Å². The van der Waals surface area contributed by atoms with Gasteiger partial charge in [0.15, 0.2) is 0 Å². The number of aryl methyl sites for hydroxylation is 1. The quantitative estimate of drug-likeness (QED) is 0.780. The highest BCUT2D eigenvalue weighted by Crippen LogP contribution is 2.12. The van der Waals surface area contributed by atoms with Crippen molar-refractivity contribution in [1.82, 2.24) is 10.6 Å². The Morgan fingerprint density at radius 2 is 2.00 bits per heavy atom. The second-order valence-electron chi connectivity index (χ2n) is 5.33. The fourth-order valence-electron chi connectivity index (χ4n) is 2.34. The first-order valence-electron chi connectivity index (χ1n) is 7.43. The van der Waals surface area contributed by atoms with Gasteiger partial charge < -0.3 is 15.4 Å². The molecule has 2 rings (SSSR count). The molecule has 1 aromatic rings. The summed E-state index contributed by atoms with van der Waals surface area (Å²) >= 11 is 0. The Bertz CT molecular complexity index is 411. The zero-order chi connectivity index (χ0) is 14.2. The van der Waals surface area contributed by atoms with Gasteiger partial charge in [-0.25, -0.2) is 0 Å². The number of ether oxygens (including phenoxy) is 1. The largest absolute Gasteiger partial charge is 0.494 e. The summed E-state index contributed by atoms with van der Waals surface area (Å²) in [6.45, 7) is 5.29. The molecule has 1 heterocycles. The maximum atomic E-state index is 11.9. The first kappa shape index (κ1) is 14.9. The Labute approximate surface area is 120 Å². The number of hydrogen-bond donors (Lipinski definition) is 2. The number of carbonyl (C=O) groups excluding carboxylic acids is 1. The third-order valence-electron chi connectivity index (χ3n) is 3.62. The molecule has 0 saturated carbocycles. The lowest BCUT2D eigenvalue weighted by Gasteiger charge is -2.21. The maximum Gasteiger partial charge on any atom is 0.223 e. The predicted molar refractivity (Wildman–Crippen MR) is 79.9 cm³/mol. The number of piperidine rings is 1. The molecule has 0 aliphatic carbocycles. The molecule has 1 aromatic carbocycles. The van der Waals surface area contributed by atoms with Crippen LogP contribution in [0.1, 0.15) is 24.8 Å². The molecule has 1 aliphatic rings. The first-order chi connectivity index (χ1) is 9.75. The smallest absolute Gasteiger partial charge is 0.223 e. The van der Waals surface area contributed by atoms with E-state index in [-0.39, 0.29) is 11.8 Å². The van der Waals surface area contributed by atoms with Crippen molar-refractivity contribution in [2.45, 2.75) is 26.2 Å². The average molecular weight is 276 g/mol. The van der Waals surface area contributed by atoms with Crippen LogP contribution in [0.2, 0.25) is 0 Å². The highest BCUT2D eigenvalue weighted by Gasteiger charge is 2.19. The first-order valence-corrected chi connectivity index (χ1v) is 7.43. The second kappa shape index (κ2) is 7.90. The molecule has 20 heavy (non-hydrogen) atoms. The Balaban J connectivity index is 1.57. The van der Waals surface area contributed by atoms with Gasteiger partial charge in [-0.2, -0.15) is 0 Å². The lowest BCUT2D eigenvalue weighted by atomic mass is 9.97. The van der Waals surface area contributed by atoms with Gasteiger partial charge in [0.2, 0.25) is 5.91 Å². The summed E-state index contributed by atoms with van der Waals surface area (Å²) in [4.78, 5) is 11.9. The minimum atomic E-state index is 0.189. The van der Waals surface area contributed by atoms with Gasteiger partial charge in [0.25, 0.3) is 0 Å². The van der Waals surface area contributed by atoms with Crippen LogP contribution >= 0.6 is 0 Å². The van der Waals surface area contributed by atoms with E-state index < -0.39 is 0 Å². The zero-order valence-corrected chi connectivity index (χ0v) is 12.2. The van der Waals surface area contributed by atoms with Crippen LogP contribution in [-0.2, 0) is 4.79 Å². The number of amides is 1. The minimum Gasteiger partial charge on any atom is -0.494 e. The van der Waals surface area contributed by atoms with Gasteiger partial charge in [-0.15, -0.1) is 0 Å². The standard InChI is InChI=1S/C16H24N2O2/c1-13-3-5-15(6-4-13)20-12-2-9-18-16(19)14-7-10-17-11-8-14/h3-6,14,17H,2,7-12H2,1H3,(H,18,19). The van der Waals surface area contributed by atoms with Crippen molar-refractivity contribution in [3.8, 4) is 5.75 Å². The van der Waals surface area contributed by atoms with Crippen molar-refractivity contribution in [2.75, 3.05) is 26.2 Å². The van der Waals surface area contributed by atoms with Crippen molar-refractivity contribution in [3.05, 3.63) is 29.8 Å². The molecular formula is C16H24N2O2. The summed E-state index contributed by atoms with van der Waals surface area (Å²) in [5.41, 5.74) is 1.23. The number of rotatable bonds is 6. The Hall–Kier alpha value is -1.55. The van der Waals surface area contributed by atoms with Crippen LogP contribution in [0.25, 0.3) is 0 Å². The third kappa shape index (κ3) is 4.85. The van der Waals surface area contributed by atoms with Gasteiger partial charge in [0.05, 0.1) is 6.61 Å². The Kier molecular flexibility index (Phi) is 5.87. The summed E-state index contributed by atoms with van der Waals surface area (Å²) in [6, 6.07) is 8.02. The normalized spacial score (nSPS) is 15.8. The molecule has 4 nitrogen and oxygen atoms in total. The summed E-state index contributed by atoms with van der Waals surface area (Å²) in [7, 11) is 0. The van der Waals surface area contributed by atoms with Gasteiger partial charge in [-0.1, -0.05) is 17.7 Å². The fraction of sp³-hybridized carbons (Fsp3) is 0.562. The van der Waals surface area contributed by atoms with E-state index in [4.69, 9.17) is 4.74 Å². The van der Waals surface area contributed by atoms with Crippen molar-refractivity contribution in [1.29, 1.82) is 0 Å². The van der Waals surface area contributed by atoms with Gasteiger partial charge in [-0.05, 0) is 51.4 Å². The molecule has 1 fully saturated rings. The van der Waals surface area contributed by atoms with E-state index >= 15 is 0 Å². The van der Waals surface area contributed by atoms with Crippen molar-refractivity contribution < 1.29 is 9.53 Å². The van der Waals surface area contributed by atoms with Crippen LogP contribution in [0.3, 0.4) is 0 Å². The second-order valence-corrected chi connectivity index (χ2v) is 5.33. The average Bonchev–Trinajstić information content (AvgIpc) is 2.49. The van der Waals surface area contributed by atoms with Crippen LogP contribution in [0.4, 0.5) is 0 Å². The molecule has 1 saturated heterocycles. The molecule has 1 aliphatic heterocycles. The predicted octanol–water partition coefficient (Wildman–Crippen LogP) is 1.88. The van der Waals surface area contributed by atoms with Gasteiger partial charge in [0, 0.05) is 12.5 Å². The van der Waals surface area contributed by atoms with Crippen LogP contribution in [0.5, 0.6) is 5.75 Å². The molecule has 0 atom stereocenters. The number of nitrogens with one attached hydrogen (secondary N) is 2. The highest BCUT2D eigenvalue weighted by molar-refractivity contribution is 5.78. The zero-order valence-electron chi connectivity index (χ0n) is 12.2. The van der Waals surface area contributed by atoms with Crippen LogP contribution < -0.4 is 15.4 Å². The molecular weight excluding hydrogens is 252 g/mol. The lowest BCUT2D eigenvalue weighted by Crippen LogP contribution is -2.38. The monoisotopic (exact) mass is 276 g/mol. The molecule has 2 N–H and O–H groups in total. The van der Waals surface area contributed by atoms with E-state index in [1.807, 2.05) is 24.3 Å². The van der Waals surface area contributed by atoms with Crippen molar-refractivity contribution in [2.24, 2.45) is 5.92 Å². The molecule has 0 spiro atoms. The van der Waals surface area contributed by atoms with Gasteiger partial charge in [0.1, 0.15) is 5.75 Å². The molecule has 110 valence electrons. The summed E-state index contributed by atoms with van der Waals surface area (Å²) in [5, 5.41) is 6.27. The van der Waals surface area contributed by atoms with E-state index in [9.17, 15) is 4.79 Å². The SMILES string of the molecule is Cc1ccc(OCCCNC(=O)C2CCNCC2)cc1. The van der Waals surface area contributed by atoms with E-state index in [0.29, 0.717) is 13.2 Å². The fourth-order valence-corrected chi connectivity index (χ4v) is 2.34. The molecule has 4 heteroatoms. The van der Waals surface area contributed by atoms with E-state index in [2.05, 4.69) is 17.6 Å². The molecule has 0 radical (unpaired) electrons. The third-order valence-corrected chi connectivity index (χ3v) is 3.62. The van der Waals surface area contributed by atoms with E-state index in [0.717, 1.165) is 38.1 Å².